The lowest BCUT2D eigenvalue weighted by Crippen LogP contribution is -2.21. The molecule has 1 aromatic heterocycles. The lowest BCUT2D eigenvalue weighted by Gasteiger charge is -2.15. The van der Waals surface area contributed by atoms with Gasteiger partial charge < -0.3 is 15.4 Å². The molecule has 1 aliphatic rings. The number of para-hydroxylation sites is 2. The highest BCUT2D eigenvalue weighted by molar-refractivity contribution is 7.91. The quantitative estimate of drug-likeness (QED) is 0.788. The van der Waals surface area contributed by atoms with Crippen LogP contribution in [0, 0.1) is 0 Å². The number of hydrogen-bond acceptors (Lipinski definition) is 6. The highest BCUT2D eigenvalue weighted by Crippen LogP contribution is 2.25. The Morgan fingerprint density at radius 2 is 2.04 bits per heavy atom. The summed E-state index contributed by atoms with van der Waals surface area (Å²) in [4.78, 5) is 16.7. The van der Waals surface area contributed by atoms with Crippen molar-refractivity contribution >= 4 is 27.1 Å². The number of carbonyl (C=O) groups is 1. The zero-order valence-electron chi connectivity index (χ0n) is 15.3. The standard InChI is InChI=1S/C19H23N3O4S/c1-13(2)26-18-6-4-3-5-16(18)22-19(23)17-11-14(7-9-20-17)21-15-8-10-27(24,25)12-15/h3-7,9,11,13,15H,8,10,12H2,1-2H3,(H,20,21)(H,22,23). The number of pyridine rings is 1. The molecule has 1 atom stereocenters. The van der Waals surface area contributed by atoms with Crippen molar-refractivity contribution in [2.24, 2.45) is 0 Å². The molecule has 7 nitrogen and oxygen atoms in total. The van der Waals surface area contributed by atoms with E-state index in [4.69, 9.17) is 4.74 Å². The number of anilines is 2. The molecule has 1 unspecified atom stereocenters. The maximum Gasteiger partial charge on any atom is 0.274 e. The van der Waals surface area contributed by atoms with Gasteiger partial charge >= 0.3 is 0 Å². The fourth-order valence-electron chi connectivity index (χ4n) is 2.90. The molecule has 1 amide bonds. The molecule has 0 spiro atoms. The molecule has 3 rings (SSSR count). The molecule has 2 N–H and O–H groups in total. The predicted octanol–water partition coefficient (Wildman–Crippen LogP) is 2.72. The van der Waals surface area contributed by atoms with Crippen LogP contribution in [0.15, 0.2) is 42.6 Å². The normalized spacial score (nSPS) is 18.3. The third-order valence-electron chi connectivity index (χ3n) is 4.09. The lowest BCUT2D eigenvalue weighted by atomic mass is 10.2. The summed E-state index contributed by atoms with van der Waals surface area (Å²) in [5, 5.41) is 5.99. The van der Waals surface area contributed by atoms with Crippen molar-refractivity contribution in [3.05, 3.63) is 48.3 Å². The fourth-order valence-corrected chi connectivity index (χ4v) is 4.58. The Labute approximate surface area is 159 Å². The first-order valence-corrected chi connectivity index (χ1v) is 10.6. The van der Waals surface area contributed by atoms with Crippen LogP contribution in [0.3, 0.4) is 0 Å². The zero-order valence-corrected chi connectivity index (χ0v) is 16.1. The number of benzene rings is 1. The minimum Gasteiger partial charge on any atom is -0.489 e. The van der Waals surface area contributed by atoms with Gasteiger partial charge in [0.15, 0.2) is 9.84 Å². The second-order valence-electron chi connectivity index (χ2n) is 6.79. The van der Waals surface area contributed by atoms with Crippen molar-refractivity contribution in [2.75, 3.05) is 22.1 Å². The van der Waals surface area contributed by atoms with E-state index in [1.54, 1.807) is 24.3 Å². The molecule has 2 aromatic rings. The van der Waals surface area contributed by atoms with Gasteiger partial charge in [0.05, 0.1) is 23.3 Å². The minimum atomic E-state index is -2.97. The van der Waals surface area contributed by atoms with Crippen molar-refractivity contribution in [2.45, 2.75) is 32.4 Å². The number of nitrogens with zero attached hydrogens (tertiary/aromatic N) is 1. The highest BCUT2D eigenvalue weighted by atomic mass is 32.2. The second kappa shape index (κ2) is 7.96. The van der Waals surface area contributed by atoms with Crippen molar-refractivity contribution in [3.63, 3.8) is 0 Å². The Morgan fingerprint density at radius 1 is 1.26 bits per heavy atom. The summed E-state index contributed by atoms with van der Waals surface area (Å²) in [6, 6.07) is 10.4. The van der Waals surface area contributed by atoms with Gasteiger partial charge in [-0.05, 0) is 44.5 Å². The van der Waals surface area contributed by atoms with E-state index in [0.29, 0.717) is 23.5 Å². The molecule has 0 saturated carbocycles. The molecule has 27 heavy (non-hydrogen) atoms. The Bertz CT molecular complexity index is 928. The minimum absolute atomic E-state index is 0.0172. The number of rotatable bonds is 6. The number of hydrogen-bond donors (Lipinski definition) is 2. The summed E-state index contributed by atoms with van der Waals surface area (Å²) in [5.74, 6) is 0.524. The van der Waals surface area contributed by atoms with Crippen LogP contribution in [0.5, 0.6) is 5.75 Å². The summed E-state index contributed by atoms with van der Waals surface area (Å²) < 4.78 is 28.9. The van der Waals surface area contributed by atoms with Gasteiger partial charge in [0.25, 0.3) is 5.91 Å². The van der Waals surface area contributed by atoms with Crippen molar-refractivity contribution in [1.82, 2.24) is 4.98 Å². The number of nitrogens with one attached hydrogen (secondary N) is 2. The smallest absolute Gasteiger partial charge is 0.274 e. The summed E-state index contributed by atoms with van der Waals surface area (Å²) in [6.45, 7) is 3.83. The molecular formula is C19H23N3O4S. The van der Waals surface area contributed by atoms with Gasteiger partial charge in [-0.15, -0.1) is 0 Å². The van der Waals surface area contributed by atoms with E-state index >= 15 is 0 Å². The first-order valence-electron chi connectivity index (χ1n) is 8.82. The first-order chi connectivity index (χ1) is 12.8. The van der Waals surface area contributed by atoms with E-state index in [-0.39, 0.29) is 35.3 Å². The van der Waals surface area contributed by atoms with Crippen molar-refractivity contribution in [3.8, 4) is 5.75 Å². The predicted molar refractivity (Wildman–Crippen MR) is 105 cm³/mol. The van der Waals surface area contributed by atoms with Crippen LogP contribution in [-0.2, 0) is 9.84 Å². The van der Waals surface area contributed by atoms with Gasteiger partial charge in [-0.25, -0.2) is 8.42 Å². The van der Waals surface area contributed by atoms with E-state index < -0.39 is 9.84 Å². The van der Waals surface area contributed by atoms with Crippen LogP contribution >= 0.6 is 0 Å². The number of amides is 1. The van der Waals surface area contributed by atoms with Gasteiger partial charge in [-0.1, -0.05) is 12.1 Å². The van der Waals surface area contributed by atoms with Gasteiger partial charge in [-0.3, -0.25) is 9.78 Å². The molecule has 0 aliphatic carbocycles. The van der Waals surface area contributed by atoms with Gasteiger partial charge in [0.1, 0.15) is 11.4 Å². The molecule has 0 bridgehead atoms. The molecule has 1 aromatic carbocycles. The molecule has 1 aliphatic heterocycles. The molecule has 8 heteroatoms. The second-order valence-corrected chi connectivity index (χ2v) is 9.02. The Hall–Kier alpha value is -2.61. The van der Waals surface area contributed by atoms with E-state index in [1.807, 2.05) is 26.0 Å². The van der Waals surface area contributed by atoms with Crippen molar-refractivity contribution < 1.29 is 17.9 Å². The van der Waals surface area contributed by atoms with E-state index in [0.717, 1.165) is 0 Å². The number of sulfone groups is 1. The Kier molecular flexibility index (Phi) is 5.65. The molecule has 0 radical (unpaired) electrons. The topological polar surface area (TPSA) is 97.4 Å². The molecule has 1 fully saturated rings. The summed E-state index contributed by atoms with van der Waals surface area (Å²) in [6.07, 6.45) is 2.07. The van der Waals surface area contributed by atoms with E-state index in [9.17, 15) is 13.2 Å². The number of carbonyl (C=O) groups excluding carboxylic acids is 1. The Balaban J connectivity index is 1.71. The average Bonchev–Trinajstić information content (AvgIpc) is 2.95. The van der Waals surface area contributed by atoms with Crippen LogP contribution in [0.1, 0.15) is 30.8 Å². The SMILES string of the molecule is CC(C)Oc1ccccc1NC(=O)c1cc(NC2CCS(=O)(=O)C2)ccn1. The maximum atomic E-state index is 12.6. The average molecular weight is 389 g/mol. The molecule has 2 heterocycles. The zero-order chi connectivity index (χ0) is 19.4. The number of ether oxygens (including phenoxy) is 1. The third kappa shape index (κ3) is 5.19. The van der Waals surface area contributed by atoms with Crippen LogP contribution in [0.25, 0.3) is 0 Å². The van der Waals surface area contributed by atoms with E-state index in [1.165, 1.54) is 6.20 Å². The first kappa shape index (κ1) is 19.2. The van der Waals surface area contributed by atoms with Crippen LogP contribution < -0.4 is 15.4 Å². The summed E-state index contributed by atoms with van der Waals surface area (Å²) >= 11 is 0. The van der Waals surface area contributed by atoms with Crippen LogP contribution in [-0.4, -0.2) is 43.0 Å². The molecule has 144 valence electrons. The monoisotopic (exact) mass is 389 g/mol. The molecular weight excluding hydrogens is 366 g/mol. The van der Waals surface area contributed by atoms with Crippen LogP contribution in [0.2, 0.25) is 0 Å². The van der Waals surface area contributed by atoms with Crippen molar-refractivity contribution in [1.29, 1.82) is 0 Å². The lowest BCUT2D eigenvalue weighted by molar-refractivity contribution is 0.102. The number of aromatic nitrogens is 1. The maximum absolute atomic E-state index is 12.6. The largest absolute Gasteiger partial charge is 0.489 e. The fraction of sp³-hybridized carbons (Fsp3) is 0.368. The van der Waals surface area contributed by atoms with E-state index in [2.05, 4.69) is 15.6 Å². The van der Waals surface area contributed by atoms with Crippen LogP contribution in [0.4, 0.5) is 11.4 Å². The summed E-state index contributed by atoms with van der Waals surface area (Å²) in [5.41, 5.74) is 1.47. The summed E-state index contributed by atoms with van der Waals surface area (Å²) in [7, 11) is -2.97. The Morgan fingerprint density at radius 3 is 2.74 bits per heavy atom. The van der Waals surface area contributed by atoms with Gasteiger partial charge in [0.2, 0.25) is 0 Å². The third-order valence-corrected chi connectivity index (χ3v) is 5.86. The van der Waals surface area contributed by atoms with Gasteiger partial charge in [-0.2, -0.15) is 0 Å². The van der Waals surface area contributed by atoms with Gasteiger partial charge in [0, 0.05) is 17.9 Å². The highest BCUT2D eigenvalue weighted by Gasteiger charge is 2.27. The molecule has 1 saturated heterocycles.